The zero-order chi connectivity index (χ0) is 5.82. The molecule has 0 aromatic carbocycles. The van der Waals surface area contributed by atoms with Crippen molar-refractivity contribution in [2.75, 3.05) is 0 Å². The first-order valence-electron chi connectivity index (χ1n) is 2.14. The summed E-state index contributed by atoms with van der Waals surface area (Å²) in [6.07, 6.45) is 4.88. The van der Waals surface area contributed by atoms with Gasteiger partial charge in [0.25, 0.3) is 0 Å². The number of imidazole rings is 1. The molecular weight excluding hydrogens is 101 g/mol. The van der Waals surface area contributed by atoms with Crippen LogP contribution in [0, 0.1) is 11.2 Å². The zero-order valence-electron chi connectivity index (χ0n) is 4.15. The van der Waals surface area contributed by atoms with Gasteiger partial charge < -0.3 is 4.48 Å². The van der Waals surface area contributed by atoms with Gasteiger partial charge in [0, 0.05) is 18.4 Å². The average Bonchev–Trinajstić information content (AvgIpc) is 2.19. The van der Waals surface area contributed by atoms with Crippen LogP contribution in [0.3, 0.4) is 0 Å². The van der Waals surface area contributed by atoms with Gasteiger partial charge in [-0.1, -0.05) is 0 Å². The number of hydrogen-bond acceptors (Lipinski definition) is 2. The van der Waals surface area contributed by atoms with Crippen molar-refractivity contribution in [1.82, 2.24) is 9.46 Å². The van der Waals surface area contributed by atoms with E-state index in [0.717, 1.165) is 0 Å². The molecule has 37 valence electrons. The standard InChI is InChI=1S/C4H3BN3/c6-3-5-8-2-1-7-4-8/h1-2,4H. The van der Waals surface area contributed by atoms with Crippen LogP contribution in [0.15, 0.2) is 18.7 Å². The van der Waals surface area contributed by atoms with Gasteiger partial charge in [-0.2, -0.15) is 0 Å². The Morgan fingerprint density at radius 2 is 2.62 bits per heavy atom. The summed E-state index contributed by atoms with van der Waals surface area (Å²) in [5, 5.41) is 8.08. The van der Waals surface area contributed by atoms with E-state index < -0.39 is 0 Å². The lowest BCUT2D eigenvalue weighted by Crippen LogP contribution is -1.98. The van der Waals surface area contributed by atoms with Crippen LogP contribution in [0.5, 0.6) is 0 Å². The molecule has 0 bridgehead atoms. The zero-order valence-corrected chi connectivity index (χ0v) is 4.15. The molecule has 3 nitrogen and oxygen atoms in total. The van der Waals surface area contributed by atoms with E-state index in [9.17, 15) is 0 Å². The third kappa shape index (κ3) is 0.879. The lowest BCUT2D eigenvalue weighted by molar-refractivity contribution is 1.20. The molecule has 0 saturated carbocycles. The quantitative estimate of drug-likeness (QED) is 0.464. The summed E-state index contributed by atoms with van der Waals surface area (Å²) in [7, 11) is 1.37. The highest BCUT2D eigenvalue weighted by molar-refractivity contribution is 6.43. The van der Waals surface area contributed by atoms with E-state index in [4.69, 9.17) is 5.26 Å². The van der Waals surface area contributed by atoms with Crippen molar-refractivity contribution in [1.29, 1.82) is 5.26 Å². The van der Waals surface area contributed by atoms with E-state index in [2.05, 4.69) is 4.98 Å². The molecule has 0 spiro atoms. The maximum absolute atomic E-state index is 8.08. The van der Waals surface area contributed by atoms with E-state index in [1.54, 1.807) is 23.2 Å². The molecule has 1 rings (SSSR count). The van der Waals surface area contributed by atoms with Gasteiger partial charge >= 0.3 is 7.41 Å². The second-order valence-electron chi connectivity index (χ2n) is 1.27. The van der Waals surface area contributed by atoms with Crippen LogP contribution < -0.4 is 0 Å². The van der Waals surface area contributed by atoms with Crippen LogP contribution in [0.2, 0.25) is 0 Å². The highest BCUT2D eigenvalue weighted by atomic mass is 14.9. The Bertz CT molecular complexity index is 186. The number of nitriles is 1. The van der Waals surface area contributed by atoms with Gasteiger partial charge in [0.05, 0.1) is 6.33 Å². The van der Waals surface area contributed by atoms with Crippen molar-refractivity contribution < 1.29 is 0 Å². The lowest BCUT2D eigenvalue weighted by Gasteiger charge is -1.82. The monoisotopic (exact) mass is 104 g/mol. The minimum atomic E-state index is 1.37. The van der Waals surface area contributed by atoms with Crippen molar-refractivity contribution in [2.45, 2.75) is 0 Å². The van der Waals surface area contributed by atoms with Gasteiger partial charge in [0.2, 0.25) is 0 Å². The van der Waals surface area contributed by atoms with Crippen LogP contribution >= 0.6 is 0 Å². The van der Waals surface area contributed by atoms with Crippen LogP contribution in [0.1, 0.15) is 0 Å². The molecule has 0 atom stereocenters. The van der Waals surface area contributed by atoms with Gasteiger partial charge in [-0.3, -0.25) is 0 Å². The number of hydrogen-bond donors (Lipinski definition) is 0. The molecule has 1 heterocycles. The Balaban J connectivity index is 2.67. The van der Waals surface area contributed by atoms with Crippen molar-refractivity contribution in [3.05, 3.63) is 18.7 Å². The Hall–Kier alpha value is -1.24. The molecule has 8 heavy (non-hydrogen) atoms. The summed E-state index contributed by atoms with van der Waals surface area (Å²) in [6, 6.07) is 0. The van der Waals surface area contributed by atoms with Gasteiger partial charge in [-0.15, -0.1) is 0 Å². The van der Waals surface area contributed by atoms with Crippen LogP contribution in [0.25, 0.3) is 0 Å². The van der Waals surface area contributed by atoms with E-state index in [-0.39, 0.29) is 0 Å². The van der Waals surface area contributed by atoms with Gasteiger partial charge in [-0.25, -0.2) is 10.2 Å². The minimum absolute atomic E-state index is 1.37. The topological polar surface area (TPSA) is 41.6 Å². The first-order chi connectivity index (χ1) is 3.93. The smallest absolute Gasteiger partial charge is 0.371 e. The fourth-order valence-corrected chi connectivity index (χ4v) is 0.412. The van der Waals surface area contributed by atoms with E-state index in [1.807, 2.05) is 5.97 Å². The second-order valence-corrected chi connectivity index (χ2v) is 1.27. The SMILES string of the molecule is N#C[B]n1ccnc1. The predicted molar refractivity (Wildman–Crippen MR) is 29.0 cm³/mol. The predicted octanol–water partition coefficient (Wildman–Crippen LogP) is -0.169. The molecule has 1 radical (unpaired) electrons. The third-order valence-electron chi connectivity index (χ3n) is 0.732. The summed E-state index contributed by atoms with van der Waals surface area (Å²) in [4.78, 5) is 3.72. The molecule has 0 amide bonds. The highest BCUT2D eigenvalue weighted by Gasteiger charge is 1.87. The van der Waals surface area contributed by atoms with Crippen molar-refractivity contribution in [3.63, 3.8) is 0 Å². The van der Waals surface area contributed by atoms with Gasteiger partial charge in [0.15, 0.2) is 0 Å². The summed E-state index contributed by atoms with van der Waals surface area (Å²) >= 11 is 0. The second kappa shape index (κ2) is 2.17. The Labute approximate surface area is 47.8 Å². The third-order valence-corrected chi connectivity index (χ3v) is 0.732. The minimum Gasteiger partial charge on any atom is -0.371 e. The van der Waals surface area contributed by atoms with E-state index in [1.165, 1.54) is 7.41 Å². The van der Waals surface area contributed by atoms with Crippen molar-refractivity contribution in [2.24, 2.45) is 0 Å². The molecule has 0 aliphatic carbocycles. The van der Waals surface area contributed by atoms with Crippen molar-refractivity contribution >= 4 is 7.41 Å². The maximum atomic E-state index is 8.08. The Kier molecular flexibility index (Phi) is 1.33. The highest BCUT2D eigenvalue weighted by Crippen LogP contribution is 1.77. The number of rotatable bonds is 1. The number of nitrogens with zero attached hydrogens (tertiary/aromatic N) is 3. The van der Waals surface area contributed by atoms with Gasteiger partial charge in [0.1, 0.15) is 0 Å². The molecule has 1 aromatic heterocycles. The summed E-state index contributed by atoms with van der Waals surface area (Å²) in [6.45, 7) is 0. The summed E-state index contributed by atoms with van der Waals surface area (Å²) in [5.74, 6) is 1.87. The number of aromatic nitrogens is 2. The molecule has 0 aliphatic rings. The van der Waals surface area contributed by atoms with E-state index in [0.29, 0.717) is 0 Å². The molecule has 0 fully saturated rings. The summed E-state index contributed by atoms with van der Waals surface area (Å²) < 4.78 is 1.58. The van der Waals surface area contributed by atoms with Crippen LogP contribution in [0.4, 0.5) is 0 Å². The molecule has 0 aliphatic heterocycles. The van der Waals surface area contributed by atoms with Crippen LogP contribution in [-0.4, -0.2) is 16.9 Å². The first kappa shape index (κ1) is 4.91. The van der Waals surface area contributed by atoms with Gasteiger partial charge in [-0.05, 0) is 0 Å². The Morgan fingerprint density at radius 3 is 3.12 bits per heavy atom. The maximum Gasteiger partial charge on any atom is 0.392 e. The lowest BCUT2D eigenvalue weighted by atomic mass is 9.99. The Morgan fingerprint density at radius 1 is 1.75 bits per heavy atom. The molecule has 0 saturated heterocycles. The largest absolute Gasteiger partial charge is 0.392 e. The fraction of sp³-hybridized carbons (Fsp3) is 0. The molecule has 1 aromatic rings. The normalized spacial score (nSPS) is 7.88. The van der Waals surface area contributed by atoms with Crippen LogP contribution in [-0.2, 0) is 0 Å². The van der Waals surface area contributed by atoms with Crippen molar-refractivity contribution in [3.8, 4) is 5.97 Å². The molecule has 0 N–H and O–H groups in total. The molecular formula is C4H3BN3. The average molecular weight is 104 g/mol. The first-order valence-corrected chi connectivity index (χ1v) is 2.14. The summed E-state index contributed by atoms with van der Waals surface area (Å²) in [5.41, 5.74) is 0. The van der Waals surface area contributed by atoms with E-state index >= 15 is 0 Å². The molecule has 4 heteroatoms. The molecule has 0 unspecified atom stereocenters. The fourth-order valence-electron chi connectivity index (χ4n) is 0.412.